The molecule has 0 radical (unpaired) electrons. The Morgan fingerprint density at radius 3 is 2.58 bits per heavy atom. The first-order valence-corrected chi connectivity index (χ1v) is 8.56. The van der Waals surface area contributed by atoms with Crippen LogP contribution in [-0.2, 0) is 9.53 Å². The SMILES string of the molecule is CC1=C(C(=O)N2CCOCC2)[C@@H](c2ccc(OC(F)F)cc2)NC(=S)N1. The molecule has 2 heterocycles. The van der Waals surface area contributed by atoms with Crippen LogP contribution in [0.1, 0.15) is 18.5 Å². The minimum absolute atomic E-state index is 0.0574. The molecule has 3 rings (SSSR count). The summed E-state index contributed by atoms with van der Waals surface area (Å²) in [5.74, 6) is -0.0479. The van der Waals surface area contributed by atoms with Gasteiger partial charge in [0.1, 0.15) is 5.75 Å². The first kappa shape index (κ1) is 18.5. The zero-order valence-electron chi connectivity index (χ0n) is 14.1. The number of amides is 1. The Balaban J connectivity index is 1.88. The molecule has 9 heteroatoms. The maximum Gasteiger partial charge on any atom is 0.387 e. The number of nitrogens with one attached hydrogen (secondary N) is 2. The highest BCUT2D eigenvalue weighted by Gasteiger charge is 2.33. The summed E-state index contributed by atoms with van der Waals surface area (Å²) >= 11 is 5.21. The van der Waals surface area contributed by atoms with Crippen molar-refractivity contribution >= 4 is 23.2 Å². The van der Waals surface area contributed by atoms with Crippen molar-refractivity contribution < 1.29 is 23.0 Å². The van der Waals surface area contributed by atoms with Crippen molar-refractivity contribution in [2.24, 2.45) is 0 Å². The smallest absolute Gasteiger partial charge is 0.387 e. The van der Waals surface area contributed by atoms with Gasteiger partial charge in [0.15, 0.2) is 5.11 Å². The van der Waals surface area contributed by atoms with Gasteiger partial charge < -0.3 is 25.0 Å². The lowest BCUT2D eigenvalue weighted by molar-refractivity contribution is -0.131. The second kappa shape index (κ2) is 7.96. The summed E-state index contributed by atoms with van der Waals surface area (Å²) in [6.07, 6.45) is 0. The van der Waals surface area contributed by atoms with E-state index >= 15 is 0 Å². The van der Waals surface area contributed by atoms with Crippen LogP contribution in [0.2, 0.25) is 0 Å². The average molecular weight is 383 g/mol. The van der Waals surface area contributed by atoms with Crippen molar-refractivity contribution in [2.75, 3.05) is 26.3 Å². The van der Waals surface area contributed by atoms with E-state index in [2.05, 4.69) is 15.4 Å². The molecular formula is C17H19F2N3O3S. The van der Waals surface area contributed by atoms with E-state index in [1.54, 1.807) is 24.0 Å². The van der Waals surface area contributed by atoms with E-state index < -0.39 is 12.7 Å². The van der Waals surface area contributed by atoms with E-state index in [-0.39, 0.29) is 11.7 Å². The number of alkyl halides is 2. The van der Waals surface area contributed by atoms with E-state index in [0.717, 1.165) is 5.56 Å². The Labute approximate surface area is 155 Å². The molecule has 1 atom stereocenters. The van der Waals surface area contributed by atoms with Gasteiger partial charge in [-0.1, -0.05) is 12.1 Å². The van der Waals surface area contributed by atoms with Crippen molar-refractivity contribution in [3.05, 3.63) is 41.1 Å². The summed E-state index contributed by atoms with van der Waals surface area (Å²) in [6, 6.07) is 5.70. The number of carbonyl (C=O) groups excluding carboxylic acids is 1. The summed E-state index contributed by atoms with van der Waals surface area (Å²) < 4.78 is 34.3. The predicted molar refractivity (Wildman–Crippen MR) is 94.8 cm³/mol. The van der Waals surface area contributed by atoms with Crippen LogP contribution in [0.4, 0.5) is 8.78 Å². The Kier molecular flexibility index (Phi) is 5.67. The van der Waals surface area contributed by atoms with Gasteiger partial charge >= 0.3 is 6.61 Å². The van der Waals surface area contributed by atoms with E-state index in [4.69, 9.17) is 17.0 Å². The minimum Gasteiger partial charge on any atom is -0.435 e. The largest absolute Gasteiger partial charge is 0.435 e. The quantitative estimate of drug-likeness (QED) is 0.775. The summed E-state index contributed by atoms with van der Waals surface area (Å²) in [5, 5.41) is 6.47. The molecule has 140 valence electrons. The Morgan fingerprint density at radius 2 is 1.96 bits per heavy atom. The van der Waals surface area contributed by atoms with Gasteiger partial charge in [-0.05, 0) is 36.8 Å². The Bertz CT molecular complexity index is 718. The monoisotopic (exact) mass is 383 g/mol. The van der Waals surface area contributed by atoms with Crippen LogP contribution < -0.4 is 15.4 Å². The summed E-state index contributed by atoms with van der Waals surface area (Å²) in [4.78, 5) is 14.8. The molecule has 1 fully saturated rings. The zero-order valence-corrected chi connectivity index (χ0v) is 14.9. The topological polar surface area (TPSA) is 62.8 Å². The number of thiocarbonyl (C=S) groups is 1. The van der Waals surface area contributed by atoms with Crippen LogP contribution in [0, 0.1) is 0 Å². The number of allylic oxidation sites excluding steroid dienone is 1. The zero-order chi connectivity index (χ0) is 18.7. The predicted octanol–water partition coefficient (Wildman–Crippen LogP) is 1.94. The molecule has 0 aromatic heterocycles. The second-order valence-corrected chi connectivity index (χ2v) is 6.33. The maximum atomic E-state index is 13.0. The van der Waals surface area contributed by atoms with Crippen molar-refractivity contribution in [3.63, 3.8) is 0 Å². The van der Waals surface area contributed by atoms with Gasteiger partial charge in [0.25, 0.3) is 5.91 Å². The van der Waals surface area contributed by atoms with Gasteiger partial charge in [-0.3, -0.25) is 4.79 Å². The molecule has 1 aromatic carbocycles. The molecule has 26 heavy (non-hydrogen) atoms. The van der Waals surface area contributed by atoms with Gasteiger partial charge in [0.2, 0.25) is 0 Å². The molecular weight excluding hydrogens is 364 g/mol. The summed E-state index contributed by atoms with van der Waals surface area (Å²) in [5.41, 5.74) is 1.94. The van der Waals surface area contributed by atoms with Crippen LogP contribution in [0.3, 0.4) is 0 Å². The van der Waals surface area contributed by atoms with Gasteiger partial charge in [0.05, 0.1) is 24.8 Å². The fraction of sp³-hybridized carbons (Fsp3) is 0.412. The van der Waals surface area contributed by atoms with E-state index in [0.29, 0.717) is 42.7 Å². The fourth-order valence-corrected chi connectivity index (χ4v) is 3.28. The first-order valence-electron chi connectivity index (χ1n) is 8.16. The molecule has 1 amide bonds. The molecule has 2 aliphatic heterocycles. The third kappa shape index (κ3) is 4.10. The van der Waals surface area contributed by atoms with E-state index in [1.165, 1.54) is 12.1 Å². The van der Waals surface area contributed by atoms with Crippen molar-refractivity contribution in [3.8, 4) is 5.75 Å². The molecule has 0 spiro atoms. The molecule has 6 nitrogen and oxygen atoms in total. The van der Waals surface area contributed by atoms with Crippen molar-refractivity contribution in [1.82, 2.24) is 15.5 Å². The van der Waals surface area contributed by atoms with Gasteiger partial charge in [-0.15, -0.1) is 0 Å². The molecule has 0 saturated carbocycles. The summed E-state index contributed by atoms with van der Waals surface area (Å²) in [7, 11) is 0. The number of rotatable bonds is 4. The highest BCUT2D eigenvalue weighted by molar-refractivity contribution is 7.80. The molecule has 1 saturated heterocycles. The van der Waals surface area contributed by atoms with Gasteiger partial charge in [-0.2, -0.15) is 8.78 Å². The number of ether oxygens (including phenoxy) is 2. The van der Waals surface area contributed by atoms with E-state index in [9.17, 15) is 13.6 Å². The molecule has 0 bridgehead atoms. The van der Waals surface area contributed by atoms with Crippen LogP contribution in [0.25, 0.3) is 0 Å². The van der Waals surface area contributed by atoms with Gasteiger partial charge in [-0.25, -0.2) is 0 Å². The lowest BCUT2D eigenvalue weighted by Gasteiger charge is -2.34. The fourth-order valence-electron chi connectivity index (χ4n) is 3.01. The number of hydrogen-bond acceptors (Lipinski definition) is 4. The lowest BCUT2D eigenvalue weighted by Crippen LogP contribution is -2.49. The third-order valence-electron chi connectivity index (χ3n) is 4.24. The molecule has 0 aliphatic carbocycles. The van der Waals surface area contributed by atoms with Gasteiger partial charge in [0, 0.05) is 18.8 Å². The third-order valence-corrected chi connectivity index (χ3v) is 4.46. The molecule has 0 unspecified atom stereocenters. The number of morpholine rings is 1. The van der Waals surface area contributed by atoms with Crippen LogP contribution in [0.5, 0.6) is 5.75 Å². The Morgan fingerprint density at radius 1 is 1.31 bits per heavy atom. The molecule has 2 N–H and O–H groups in total. The minimum atomic E-state index is -2.88. The van der Waals surface area contributed by atoms with Crippen LogP contribution in [0.15, 0.2) is 35.5 Å². The van der Waals surface area contributed by atoms with E-state index in [1.807, 2.05) is 0 Å². The lowest BCUT2D eigenvalue weighted by atomic mass is 9.94. The van der Waals surface area contributed by atoms with Crippen molar-refractivity contribution in [1.29, 1.82) is 0 Å². The number of hydrogen-bond donors (Lipinski definition) is 2. The summed E-state index contributed by atoms with van der Waals surface area (Å²) in [6.45, 7) is 0.957. The second-order valence-electron chi connectivity index (χ2n) is 5.92. The first-order chi connectivity index (χ1) is 12.5. The molecule has 2 aliphatic rings. The average Bonchev–Trinajstić information content (AvgIpc) is 2.61. The normalized spacial score (nSPS) is 20.7. The Hall–Kier alpha value is -2.26. The highest BCUT2D eigenvalue weighted by Crippen LogP contribution is 2.30. The maximum absolute atomic E-state index is 13.0. The number of nitrogens with zero attached hydrogens (tertiary/aromatic N) is 1. The highest BCUT2D eigenvalue weighted by atomic mass is 32.1. The van der Waals surface area contributed by atoms with Crippen LogP contribution >= 0.6 is 12.2 Å². The molecule has 1 aromatic rings. The number of benzene rings is 1. The number of halogens is 2. The standard InChI is InChI=1S/C17H19F2N3O3S/c1-10-13(15(23)22-6-8-24-9-7-22)14(21-17(26)20-10)11-2-4-12(5-3-11)25-16(18)19/h2-5,14,16H,6-9H2,1H3,(H2,20,21,26)/t14-/m1/s1. The number of carbonyl (C=O) groups is 1. The van der Waals surface area contributed by atoms with Crippen LogP contribution in [-0.4, -0.2) is 48.8 Å². The van der Waals surface area contributed by atoms with Crippen molar-refractivity contribution in [2.45, 2.75) is 19.6 Å².